The minimum absolute atomic E-state index is 0.158. The van der Waals surface area contributed by atoms with E-state index in [1.54, 1.807) is 12.3 Å². The summed E-state index contributed by atoms with van der Waals surface area (Å²) in [6, 6.07) is 6.89. The van der Waals surface area contributed by atoms with Gasteiger partial charge in [0.1, 0.15) is 28.8 Å². The predicted octanol–water partition coefficient (Wildman–Crippen LogP) is 4.83. The molecule has 6 nitrogen and oxygen atoms in total. The monoisotopic (exact) mass is 485 g/mol. The number of halogens is 3. The third-order valence-electron chi connectivity index (χ3n) is 6.96. The first-order valence-electron chi connectivity index (χ1n) is 11.4. The zero-order valence-corrected chi connectivity index (χ0v) is 19.3. The summed E-state index contributed by atoms with van der Waals surface area (Å²) in [5.41, 5.74) is -1.59. The van der Waals surface area contributed by atoms with Crippen LogP contribution in [0.2, 0.25) is 0 Å². The second kappa shape index (κ2) is 9.75. The van der Waals surface area contributed by atoms with Gasteiger partial charge in [0, 0.05) is 6.20 Å². The van der Waals surface area contributed by atoms with Crippen molar-refractivity contribution in [2.45, 2.75) is 50.7 Å². The molecule has 1 aliphatic carbocycles. The number of amides is 1. The van der Waals surface area contributed by atoms with E-state index in [-0.39, 0.29) is 17.5 Å². The van der Waals surface area contributed by atoms with E-state index in [9.17, 15) is 28.2 Å². The molecule has 3 N–H and O–H groups in total. The van der Waals surface area contributed by atoms with Gasteiger partial charge in [0.05, 0.1) is 29.2 Å². The smallest absolute Gasteiger partial charge is 0.274 e. The van der Waals surface area contributed by atoms with E-state index in [4.69, 9.17) is 0 Å². The Morgan fingerprint density at radius 2 is 1.83 bits per heavy atom. The van der Waals surface area contributed by atoms with Gasteiger partial charge in [0.25, 0.3) is 5.91 Å². The Hall–Kier alpha value is -3.30. The summed E-state index contributed by atoms with van der Waals surface area (Å²) in [4.78, 5) is 21.0. The highest BCUT2D eigenvalue weighted by atomic mass is 19.1. The van der Waals surface area contributed by atoms with E-state index in [0.29, 0.717) is 24.9 Å². The number of aromatic nitrogens is 2. The fraction of sp³-hybridized carbons (Fsp3) is 0.346. The standard InChI is InChI=1S/C26H26F3N3O3/c1-3-26(35)14(2)11-15(12-22(26)33)16-9-10-30-13-21(16)32-25(34)20-8-7-19(29)24(31-20)23-17(27)5-4-6-18(23)28/h4-10,13-15,22,33,35H,3,11-12H2,1-2H3,(H,32,34)/t14-,15-,22+,26+/m1/s1. The lowest BCUT2D eigenvalue weighted by atomic mass is 9.67. The first-order chi connectivity index (χ1) is 16.7. The fourth-order valence-electron chi connectivity index (χ4n) is 4.89. The Bertz CT molecular complexity index is 1220. The van der Waals surface area contributed by atoms with Crippen molar-refractivity contribution >= 4 is 11.6 Å². The van der Waals surface area contributed by atoms with Crippen molar-refractivity contribution in [3.8, 4) is 11.3 Å². The van der Waals surface area contributed by atoms with Crippen molar-refractivity contribution < 1.29 is 28.2 Å². The Morgan fingerprint density at radius 1 is 1.11 bits per heavy atom. The Balaban J connectivity index is 1.62. The molecule has 4 atom stereocenters. The van der Waals surface area contributed by atoms with Crippen LogP contribution < -0.4 is 5.32 Å². The van der Waals surface area contributed by atoms with E-state index in [0.717, 1.165) is 35.9 Å². The summed E-state index contributed by atoms with van der Waals surface area (Å²) in [6.07, 6.45) is 3.38. The van der Waals surface area contributed by atoms with Crippen molar-refractivity contribution in [1.82, 2.24) is 9.97 Å². The van der Waals surface area contributed by atoms with Crippen molar-refractivity contribution in [1.29, 1.82) is 0 Å². The summed E-state index contributed by atoms with van der Waals surface area (Å²) in [6.45, 7) is 3.71. The number of anilines is 1. The van der Waals surface area contributed by atoms with Gasteiger partial charge in [-0.05, 0) is 67.0 Å². The number of rotatable bonds is 5. The van der Waals surface area contributed by atoms with Gasteiger partial charge in [-0.1, -0.05) is 19.9 Å². The SMILES string of the molecule is CC[C@]1(O)[C@H](C)C[C@@H](c2ccncc2NC(=O)c2ccc(F)c(-c3c(F)cccc3F)n2)C[C@@H]1O. The molecule has 2 aromatic heterocycles. The van der Waals surface area contributed by atoms with Crippen LogP contribution in [0.15, 0.2) is 48.8 Å². The number of hydrogen-bond acceptors (Lipinski definition) is 5. The summed E-state index contributed by atoms with van der Waals surface area (Å²) in [5, 5.41) is 24.1. The zero-order chi connectivity index (χ0) is 25.3. The Labute approximate surface area is 200 Å². The number of benzene rings is 1. The molecule has 3 aromatic rings. The molecule has 0 bridgehead atoms. The molecule has 0 unspecified atom stereocenters. The van der Waals surface area contributed by atoms with Gasteiger partial charge in [0.2, 0.25) is 0 Å². The second-order valence-corrected chi connectivity index (χ2v) is 8.97. The average Bonchev–Trinajstić information content (AvgIpc) is 2.83. The van der Waals surface area contributed by atoms with Crippen LogP contribution in [-0.2, 0) is 0 Å². The van der Waals surface area contributed by atoms with Crippen molar-refractivity contribution in [3.05, 3.63) is 77.5 Å². The Morgan fingerprint density at radius 3 is 2.49 bits per heavy atom. The van der Waals surface area contributed by atoms with Gasteiger partial charge in [-0.2, -0.15) is 0 Å². The van der Waals surface area contributed by atoms with Crippen LogP contribution in [0.4, 0.5) is 18.9 Å². The second-order valence-electron chi connectivity index (χ2n) is 8.97. The molecule has 2 heterocycles. The number of pyridine rings is 2. The number of hydrogen-bond donors (Lipinski definition) is 3. The average molecular weight is 486 g/mol. The third-order valence-corrected chi connectivity index (χ3v) is 6.96. The van der Waals surface area contributed by atoms with Gasteiger partial charge in [-0.25, -0.2) is 18.2 Å². The highest BCUT2D eigenvalue weighted by Gasteiger charge is 2.45. The first kappa shape index (κ1) is 24.8. The minimum atomic E-state index is -1.18. The molecule has 1 saturated carbocycles. The van der Waals surface area contributed by atoms with E-state index < -0.39 is 46.3 Å². The maximum atomic E-state index is 14.4. The maximum Gasteiger partial charge on any atom is 0.274 e. The van der Waals surface area contributed by atoms with E-state index >= 15 is 0 Å². The number of nitrogens with zero attached hydrogens (tertiary/aromatic N) is 2. The maximum absolute atomic E-state index is 14.4. The molecule has 1 fully saturated rings. The number of aliphatic hydroxyl groups excluding tert-OH is 1. The lowest BCUT2D eigenvalue weighted by molar-refractivity contribution is -0.138. The normalized spacial score (nSPS) is 24.3. The zero-order valence-electron chi connectivity index (χ0n) is 19.3. The highest BCUT2D eigenvalue weighted by Crippen LogP contribution is 2.45. The van der Waals surface area contributed by atoms with Crippen LogP contribution in [0, 0.1) is 23.4 Å². The van der Waals surface area contributed by atoms with E-state index in [1.807, 2.05) is 13.8 Å². The molecule has 0 spiro atoms. The molecule has 1 aliphatic rings. The van der Waals surface area contributed by atoms with Gasteiger partial charge >= 0.3 is 0 Å². The summed E-state index contributed by atoms with van der Waals surface area (Å²) in [7, 11) is 0. The molecule has 9 heteroatoms. The Kier molecular flexibility index (Phi) is 6.91. The van der Waals surface area contributed by atoms with Crippen LogP contribution >= 0.6 is 0 Å². The number of nitrogens with one attached hydrogen (secondary N) is 1. The number of aliphatic hydroxyl groups is 2. The van der Waals surface area contributed by atoms with Gasteiger partial charge < -0.3 is 15.5 Å². The molecule has 4 rings (SSSR count). The van der Waals surface area contributed by atoms with Crippen LogP contribution in [0.25, 0.3) is 11.3 Å². The molecule has 1 aromatic carbocycles. The van der Waals surface area contributed by atoms with E-state index in [2.05, 4.69) is 15.3 Å². The highest BCUT2D eigenvalue weighted by molar-refractivity contribution is 6.03. The van der Waals surface area contributed by atoms with Gasteiger partial charge in [-0.15, -0.1) is 0 Å². The van der Waals surface area contributed by atoms with Crippen molar-refractivity contribution in [2.24, 2.45) is 5.92 Å². The molecule has 0 saturated heterocycles. The van der Waals surface area contributed by atoms with Crippen LogP contribution in [0.5, 0.6) is 0 Å². The molecular weight excluding hydrogens is 459 g/mol. The first-order valence-corrected chi connectivity index (χ1v) is 11.4. The number of carbonyl (C=O) groups is 1. The number of carbonyl (C=O) groups excluding carboxylic acids is 1. The van der Waals surface area contributed by atoms with Crippen molar-refractivity contribution in [3.63, 3.8) is 0 Å². The van der Waals surface area contributed by atoms with Gasteiger partial charge in [-0.3, -0.25) is 9.78 Å². The largest absolute Gasteiger partial charge is 0.390 e. The molecule has 184 valence electrons. The molecule has 0 aliphatic heterocycles. The van der Waals surface area contributed by atoms with Crippen molar-refractivity contribution in [2.75, 3.05) is 5.32 Å². The third kappa shape index (κ3) is 4.66. The molecule has 35 heavy (non-hydrogen) atoms. The summed E-state index contributed by atoms with van der Waals surface area (Å²) < 4.78 is 42.8. The topological polar surface area (TPSA) is 95.3 Å². The predicted molar refractivity (Wildman–Crippen MR) is 124 cm³/mol. The molecule has 1 amide bonds. The van der Waals surface area contributed by atoms with Crippen LogP contribution in [0.1, 0.15) is 55.1 Å². The summed E-state index contributed by atoms with van der Waals surface area (Å²) in [5.74, 6) is -4.03. The van der Waals surface area contributed by atoms with Gasteiger partial charge in [0.15, 0.2) is 0 Å². The molecular formula is C26H26F3N3O3. The fourth-order valence-corrected chi connectivity index (χ4v) is 4.89. The van der Waals surface area contributed by atoms with Crippen LogP contribution in [-0.4, -0.2) is 37.8 Å². The lowest BCUT2D eigenvalue weighted by Crippen LogP contribution is -2.51. The van der Waals surface area contributed by atoms with Crippen LogP contribution in [0.3, 0.4) is 0 Å². The van der Waals surface area contributed by atoms with E-state index in [1.165, 1.54) is 6.20 Å². The minimum Gasteiger partial charge on any atom is -0.390 e. The quantitative estimate of drug-likeness (QED) is 0.481. The summed E-state index contributed by atoms with van der Waals surface area (Å²) >= 11 is 0. The lowest BCUT2D eigenvalue weighted by Gasteiger charge is -2.45. The molecule has 0 radical (unpaired) electrons.